The fourth-order valence-electron chi connectivity index (χ4n) is 3.27. The lowest BCUT2D eigenvalue weighted by Crippen LogP contribution is -2.31. The van der Waals surface area contributed by atoms with Gasteiger partial charge in [-0.15, -0.1) is 0 Å². The van der Waals surface area contributed by atoms with Gasteiger partial charge in [0, 0.05) is 51.1 Å². The number of pyridine rings is 1. The van der Waals surface area contributed by atoms with Gasteiger partial charge in [0.25, 0.3) is 0 Å². The molecule has 0 bridgehead atoms. The minimum atomic E-state index is 0.944. The van der Waals surface area contributed by atoms with Gasteiger partial charge in [0.1, 0.15) is 5.82 Å². The maximum absolute atomic E-state index is 4.89. The monoisotopic (exact) mass is 304 g/mol. The van der Waals surface area contributed by atoms with Crippen LogP contribution < -0.4 is 0 Å². The lowest BCUT2D eigenvalue weighted by Gasteiger charge is -2.26. The number of hydrogen-bond acceptors (Lipinski definition) is 3. The molecule has 4 rings (SSSR count). The Bertz CT molecular complexity index is 793. The molecule has 0 saturated carbocycles. The largest absolute Gasteiger partial charge is 0.330 e. The van der Waals surface area contributed by atoms with E-state index in [-0.39, 0.29) is 0 Å². The van der Waals surface area contributed by atoms with Crippen LogP contribution in [0.1, 0.15) is 17.0 Å². The number of rotatable bonds is 3. The highest BCUT2D eigenvalue weighted by molar-refractivity contribution is 5.56. The lowest BCUT2D eigenvalue weighted by molar-refractivity contribution is 0.238. The van der Waals surface area contributed by atoms with Gasteiger partial charge in [-0.2, -0.15) is 0 Å². The maximum Gasteiger partial charge on any atom is 0.140 e. The van der Waals surface area contributed by atoms with Crippen LogP contribution in [-0.4, -0.2) is 26.0 Å². The Hall–Kier alpha value is -2.46. The molecule has 3 aromatic rings. The molecule has 0 N–H and O–H groups in total. The van der Waals surface area contributed by atoms with Crippen molar-refractivity contribution >= 4 is 0 Å². The zero-order valence-electron chi connectivity index (χ0n) is 13.3. The first-order valence-corrected chi connectivity index (χ1v) is 8.02. The Morgan fingerprint density at radius 2 is 1.96 bits per heavy atom. The molecular formula is C19H20N4. The van der Waals surface area contributed by atoms with E-state index in [4.69, 9.17) is 4.98 Å². The van der Waals surface area contributed by atoms with Crippen LogP contribution in [0.5, 0.6) is 0 Å². The molecule has 0 spiro atoms. The zero-order chi connectivity index (χ0) is 15.6. The summed E-state index contributed by atoms with van der Waals surface area (Å²) in [5, 5.41) is 0. The van der Waals surface area contributed by atoms with E-state index in [2.05, 4.69) is 51.8 Å². The summed E-state index contributed by atoms with van der Waals surface area (Å²) in [7, 11) is 2.13. The van der Waals surface area contributed by atoms with Gasteiger partial charge in [-0.05, 0) is 11.6 Å². The normalized spacial score (nSPS) is 14.7. The van der Waals surface area contributed by atoms with Crippen molar-refractivity contribution in [2.45, 2.75) is 19.5 Å². The van der Waals surface area contributed by atoms with Gasteiger partial charge in [-0.25, -0.2) is 4.98 Å². The molecule has 1 aromatic carbocycles. The Balaban J connectivity index is 1.59. The van der Waals surface area contributed by atoms with Crippen LogP contribution in [0.2, 0.25) is 0 Å². The van der Waals surface area contributed by atoms with Crippen molar-refractivity contribution in [1.82, 2.24) is 19.4 Å². The first-order chi connectivity index (χ1) is 11.3. The summed E-state index contributed by atoms with van der Waals surface area (Å²) in [4.78, 5) is 11.6. The van der Waals surface area contributed by atoms with Crippen molar-refractivity contribution in [3.05, 3.63) is 71.8 Å². The van der Waals surface area contributed by atoms with Gasteiger partial charge in [0.15, 0.2) is 0 Å². The molecule has 0 fully saturated rings. The predicted molar refractivity (Wildman–Crippen MR) is 90.7 cm³/mol. The molecule has 0 amide bonds. The van der Waals surface area contributed by atoms with Crippen LogP contribution in [0.4, 0.5) is 0 Å². The van der Waals surface area contributed by atoms with Crippen LogP contribution in [0.3, 0.4) is 0 Å². The number of benzene rings is 1. The number of aromatic nitrogens is 3. The Kier molecular flexibility index (Phi) is 3.67. The van der Waals surface area contributed by atoms with E-state index in [1.807, 2.05) is 24.5 Å². The molecule has 3 heterocycles. The molecule has 0 aliphatic carbocycles. The van der Waals surface area contributed by atoms with Crippen molar-refractivity contribution < 1.29 is 0 Å². The predicted octanol–water partition coefficient (Wildman–Crippen LogP) is 3.04. The highest BCUT2D eigenvalue weighted by atomic mass is 15.2. The molecule has 0 radical (unpaired) electrons. The molecule has 4 nitrogen and oxygen atoms in total. The second-order valence-corrected chi connectivity index (χ2v) is 6.08. The average Bonchev–Trinajstić information content (AvgIpc) is 2.93. The standard InChI is InChI=1S/C19H20N4/c1-22-18-14-23(13-15-6-5-10-20-12-15)11-9-17(18)21-19(22)16-7-3-2-4-8-16/h2-8,10,12H,9,11,13-14H2,1H3. The van der Waals surface area contributed by atoms with E-state index >= 15 is 0 Å². The zero-order valence-corrected chi connectivity index (χ0v) is 13.3. The summed E-state index contributed by atoms with van der Waals surface area (Å²) in [6, 6.07) is 14.6. The van der Waals surface area contributed by atoms with E-state index in [0.717, 1.165) is 31.9 Å². The topological polar surface area (TPSA) is 34.0 Å². The highest BCUT2D eigenvalue weighted by Gasteiger charge is 2.23. The fraction of sp³-hybridized carbons (Fsp3) is 0.263. The molecule has 2 aromatic heterocycles. The van der Waals surface area contributed by atoms with Crippen LogP contribution in [0, 0.1) is 0 Å². The molecule has 116 valence electrons. The Labute approximate surface area is 136 Å². The minimum absolute atomic E-state index is 0.944. The van der Waals surface area contributed by atoms with Crippen molar-refractivity contribution in [3.63, 3.8) is 0 Å². The maximum atomic E-state index is 4.89. The first kappa shape index (κ1) is 14.2. The smallest absolute Gasteiger partial charge is 0.140 e. The van der Waals surface area contributed by atoms with E-state index in [1.165, 1.54) is 22.5 Å². The van der Waals surface area contributed by atoms with E-state index in [0.29, 0.717) is 0 Å². The number of nitrogens with zero attached hydrogens (tertiary/aromatic N) is 4. The third-order valence-electron chi connectivity index (χ3n) is 4.50. The van der Waals surface area contributed by atoms with Crippen LogP contribution in [-0.2, 0) is 26.6 Å². The van der Waals surface area contributed by atoms with E-state index in [1.54, 1.807) is 0 Å². The lowest BCUT2D eigenvalue weighted by atomic mass is 10.1. The third-order valence-corrected chi connectivity index (χ3v) is 4.50. The van der Waals surface area contributed by atoms with Gasteiger partial charge in [-0.3, -0.25) is 9.88 Å². The molecule has 23 heavy (non-hydrogen) atoms. The van der Waals surface area contributed by atoms with Crippen molar-refractivity contribution in [1.29, 1.82) is 0 Å². The summed E-state index contributed by atoms with van der Waals surface area (Å²) >= 11 is 0. The molecular weight excluding hydrogens is 284 g/mol. The second-order valence-electron chi connectivity index (χ2n) is 6.08. The summed E-state index contributed by atoms with van der Waals surface area (Å²) in [6.07, 6.45) is 4.79. The van der Waals surface area contributed by atoms with E-state index < -0.39 is 0 Å². The molecule has 1 aliphatic heterocycles. The van der Waals surface area contributed by atoms with Crippen molar-refractivity contribution in [2.75, 3.05) is 6.54 Å². The number of fused-ring (bicyclic) bond motifs is 1. The summed E-state index contributed by atoms with van der Waals surface area (Å²) in [6.45, 7) is 2.94. The summed E-state index contributed by atoms with van der Waals surface area (Å²) in [5.74, 6) is 1.07. The summed E-state index contributed by atoms with van der Waals surface area (Å²) < 4.78 is 2.25. The molecule has 0 atom stereocenters. The SMILES string of the molecule is Cn1c(-c2ccccc2)nc2c1CN(Cc1cccnc1)CC2. The van der Waals surface area contributed by atoms with Crippen LogP contribution in [0.15, 0.2) is 54.9 Å². The van der Waals surface area contributed by atoms with Crippen LogP contribution >= 0.6 is 0 Å². The molecule has 0 unspecified atom stereocenters. The van der Waals surface area contributed by atoms with Gasteiger partial charge in [0.2, 0.25) is 0 Å². The minimum Gasteiger partial charge on any atom is -0.330 e. The van der Waals surface area contributed by atoms with Gasteiger partial charge in [0.05, 0.1) is 11.4 Å². The quantitative estimate of drug-likeness (QED) is 0.746. The van der Waals surface area contributed by atoms with E-state index in [9.17, 15) is 0 Å². The Morgan fingerprint density at radius 1 is 1.09 bits per heavy atom. The van der Waals surface area contributed by atoms with Gasteiger partial charge >= 0.3 is 0 Å². The molecule has 4 heteroatoms. The number of imidazole rings is 1. The highest BCUT2D eigenvalue weighted by Crippen LogP contribution is 2.26. The number of hydrogen-bond donors (Lipinski definition) is 0. The second kappa shape index (κ2) is 5.97. The van der Waals surface area contributed by atoms with Gasteiger partial charge < -0.3 is 4.57 Å². The molecule has 0 saturated heterocycles. The third kappa shape index (κ3) is 2.78. The molecule has 1 aliphatic rings. The Morgan fingerprint density at radius 3 is 2.74 bits per heavy atom. The first-order valence-electron chi connectivity index (χ1n) is 8.02. The van der Waals surface area contributed by atoms with Crippen molar-refractivity contribution in [3.8, 4) is 11.4 Å². The van der Waals surface area contributed by atoms with Crippen LogP contribution in [0.25, 0.3) is 11.4 Å². The fourth-order valence-corrected chi connectivity index (χ4v) is 3.27. The summed E-state index contributed by atoms with van der Waals surface area (Å²) in [5.41, 5.74) is 5.03. The van der Waals surface area contributed by atoms with Gasteiger partial charge in [-0.1, -0.05) is 36.4 Å². The average molecular weight is 304 g/mol. The van der Waals surface area contributed by atoms with Crippen molar-refractivity contribution in [2.24, 2.45) is 7.05 Å².